The summed E-state index contributed by atoms with van der Waals surface area (Å²) in [6.45, 7) is 2.63. The summed E-state index contributed by atoms with van der Waals surface area (Å²) in [5, 5.41) is 4.84. The van der Waals surface area contributed by atoms with Gasteiger partial charge in [0, 0.05) is 28.2 Å². The highest BCUT2D eigenvalue weighted by atomic mass is 35.5. The van der Waals surface area contributed by atoms with E-state index in [1.54, 1.807) is 0 Å². The molecule has 1 aromatic carbocycles. The van der Waals surface area contributed by atoms with Gasteiger partial charge >= 0.3 is 0 Å². The number of amides is 1. The number of fused-ring (bicyclic) bond motifs is 3. The number of likely N-dealkylation sites (N-methyl/N-ethyl adjacent to an activating group) is 1. The summed E-state index contributed by atoms with van der Waals surface area (Å²) in [4.78, 5) is 15.6. The summed E-state index contributed by atoms with van der Waals surface area (Å²) < 4.78 is 0. The molecule has 0 bridgehead atoms. The Hall–Kier alpha value is -1.48. The molecular weight excluding hydrogens is 260 g/mol. The van der Waals surface area contributed by atoms with Crippen LogP contribution in [-0.4, -0.2) is 17.4 Å². The maximum atomic E-state index is 12.1. The van der Waals surface area contributed by atoms with Crippen molar-refractivity contribution in [1.29, 1.82) is 0 Å². The molecule has 1 atom stereocenters. The molecule has 0 radical (unpaired) electrons. The first-order chi connectivity index (χ1) is 9.20. The number of hydrogen-bond acceptors (Lipinski definition) is 1. The first kappa shape index (κ1) is 12.5. The molecule has 100 valence electrons. The normalized spacial score (nSPS) is 18.3. The van der Waals surface area contributed by atoms with Gasteiger partial charge in [0.2, 0.25) is 5.91 Å². The summed E-state index contributed by atoms with van der Waals surface area (Å²) in [5.41, 5.74) is 3.42. The van der Waals surface area contributed by atoms with Crippen LogP contribution in [0.2, 0.25) is 5.02 Å². The Morgan fingerprint density at radius 3 is 3.16 bits per heavy atom. The average Bonchev–Trinajstić information content (AvgIpc) is 2.77. The molecule has 1 aromatic heterocycles. The monoisotopic (exact) mass is 276 g/mol. The minimum Gasteiger partial charge on any atom is -0.357 e. The number of carbonyl (C=O) groups is 1. The Bertz CT molecular complexity index is 632. The lowest BCUT2D eigenvalue weighted by atomic mass is 9.86. The third-order valence-corrected chi connectivity index (χ3v) is 4.07. The van der Waals surface area contributed by atoms with E-state index in [0.29, 0.717) is 6.54 Å². The zero-order valence-electron chi connectivity index (χ0n) is 10.9. The summed E-state index contributed by atoms with van der Waals surface area (Å²) in [6, 6.07) is 5.87. The largest absolute Gasteiger partial charge is 0.357 e. The van der Waals surface area contributed by atoms with Crippen LogP contribution in [0.1, 0.15) is 36.9 Å². The van der Waals surface area contributed by atoms with Gasteiger partial charge in [0.25, 0.3) is 0 Å². The van der Waals surface area contributed by atoms with E-state index < -0.39 is 0 Å². The van der Waals surface area contributed by atoms with Crippen LogP contribution in [0.15, 0.2) is 18.2 Å². The van der Waals surface area contributed by atoms with Gasteiger partial charge in [0.1, 0.15) is 0 Å². The quantitative estimate of drug-likeness (QED) is 0.868. The fourth-order valence-corrected chi connectivity index (χ4v) is 3.17. The van der Waals surface area contributed by atoms with Crippen molar-refractivity contribution >= 4 is 28.4 Å². The summed E-state index contributed by atoms with van der Waals surface area (Å²) in [5.74, 6) is 0.0796. The van der Waals surface area contributed by atoms with Gasteiger partial charge in [0.15, 0.2) is 0 Å². The SMILES string of the molecule is CCNC(=O)[C@@H]1CCCc2c1[nH]c1ccc(Cl)cc21. The number of halogens is 1. The third kappa shape index (κ3) is 2.12. The van der Waals surface area contributed by atoms with E-state index in [-0.39, 0.29) is 11.8 Å². The number of H-pyrrole nitrogens is 1. The van der Waals surface area contributed by atoms with Gasteiger partial charge in [-0.3, -0.25) is 4.79 Å². The Kier molecular flexibility index (Phi) is 3.23. The van der Waals surface area contributed by atoms with Crippen molar-refractivity contribution in [2.45, 2.75) is 32.1 Å². The molecule has 1 amide bonds. The lowest BCUT2D eigenvalue weighted by Crippen LogP contribution is -2.31. The van der Waals surface area contributed by atoms with Crippen molar-refractivity contribution in [3.8, 4) is 0 Å². The minimum atomic E-state index is -0.0464. The Morgan fingerprint density at radius 2 is 2.37 bits per heavy atom. The second-order valence-electron chi connectivity index (χ2n) is 5.05. The molecule has 3 rings (SSSR count). The van der Waals surface area contributed by atoms with E-state index in [2.05, 4.69) is 10.3 Å². The fourth-order valence-electron chi connectivity index (χ4n) is 2.99. The molecule has 1 heterocycles. The molecule has 0 fully saturated rings. The summed E-state index contributed by atoms with van der Waals surface area (Å²) in [7, 11) is 0. The lowest BCUT2D eigenvalue weighted by molar-refractivity contribution is -0.122. The highest BCUT2D eigenvalue weighted by Crippen LogP contribution is 2.36. The van der Waals surface area contributed by atoms with Crippen molar-refractivity contribution in [2.24, 2.45) is 0 Å². The maximum absolute atomic E-state index is 12.1. The van der Waals surface area contributed by atoms with Crippen molar-refractivity contribution in [2.75, 3.05) is 6.54 Å². The van der Waals surface area contributed by atoms with Crippen molar-refractivity contribution in [3.05, 3.63) is 34.5 Å². The third-order valence-electron chi connectivity index (χ3n) is 3.84. The van der Waals surface area contributed by atoms with Crippen LogP contribution < -0.4 is 5.32 Å². The number of benzene rings is 1. The van der Waals surface area contributed by atoms with Gasteiger partial charge < -0.3 is 10.3 Å². The molecule has 0 saturated heterocycles. The van der Waals surface area contributed by atoms with Crippen molar-refractivity contribution < 1.29 is 4.79 Å². The highest BCUT2D eigenvalue weighted by molar-refractivity contribution is 6.31. The summed E-state index contributed by atoms with van der Waals surface area (Å²) >= 11 is 6.07. The molecular formula is C15H17ClN2O. The number of carbonyl (C=O) groups excluding carboxylic acids is 1. The topological polar surface area (TPSA) is 44.9 Å². The van der Waals surface area contributed by atoms with Crippen LogP contribution in [0.4, 0.5) is 0 Å². The van der Waals surface area contributed by atoms with Crippen LogP contribution in [-0.2, 0) is 11.2 Å². The first-order valence-electron chi connectivity index (χ1n) is 6.78. The van der Waals surface area contributed by atoms with Crippen LogP contribution >= 0.6 is 11.6 Å². The first-order valence-corrected chi connectivity index (χ1v) is 7.16. The number of aromatic nitrogens is 1. The van der Waals surface area contributed by atoms with Gasteiger partial charge in [-0.25, -0.2) is 0 Å². The Morgan fingerprint density at radius 1 is 1.53 bits per heavy atom. The zero-order valence-corrected chi connectivity index (χ0v) is 11.7. The number of nitrogens with one attached hydrogen (secondary N) is 2. The molecule has 0 spiro atoms. The van der Waals surface area contributed by atoms with Gasteiger partial charge in [-0.15, -0.1) is 0 Å². The molecule has 4 heteroatoms. The number of aromatic amines is 1. The van der Waals surface area contributed by atoms with E-state index >= 15 is 0 Å². The Balaban J connectivity index is 2.09. The van der Waals surface area contributed by atoms with Crippen molar-refractivity contribution in [3.63, 3.8) is 0 Å². The van der Waals surface area contributed by atoms with E-state index in [1.807, 2.05) is 25.1 Å². The molecule has 1 aliphatic carbocycles. The predicted octanol–water partition coefficient (Wildman–Crippen LogP) is 3.38. The van der Waals surface area contributed by atoms with Crippen LogP contribution in [0.3, 0.4) is 0 Å². The molecule has 1 aliphatic rings. The summed E-state index contributed by atoms with van der Waals surface area (Å²) in [6.07, 6.45) is 2.99. The van der Waals surface area contributed by atoms with E-state index in [9.17, 15) is 4.79 Å². The van der Waals surface area contributed by atoms with Gasteiger partial charge in [0.05, 0.1) is 5.92 Å². The molecule has 0 unspecified atom stereocenters. The van der Waals surface area contributed by atoms with Gasteiger partial charge in [-0.2, -0.15) is 0 Å². The van der Waals surface area contributed by atoms with Crippen LogP contribution in [0, 0.1) is 0 Å². The van der Waals surface area contributed by atoms with Crippen LogP contribution in [0.25, 0.3) is 10.9 Å². The van der Waals surface area contributed by atoms with Gasteiger partial charge in [-0.1, -0.05) is 11.6 Å². The predicted molar refractivity (Wildman–Crippen MR) is 77.7 cm³/mol. The Labute approximate surface area is 117 Å². The minimum absolute atomic E-state index is 0.0464. The standard InChI is InChI=1S/C15H17ClN2O/c1-2-17-15(19)11-5-3-4-10-12-8-9(16)6-7-13(12)18-14(10)11/h6-8,11,18H,2-5H2,1H3,(H,17,19)/t11-/m1/s1. The van der Waals surface area contributed by atoms with E-state index in [0.717, 1.165) is 40.9 Å². The van der Waals surface area contributed by atoms with Crippen molar-refractivity contribution in [1.82, 2.24) is 10.3 Å². The van der Waals surface area contributed by atoms with E-state index in [4.69, 9.17) is 11.6 Å². The second-order valence-corrected chi connectivity index (χ2v) is 5.48. The maximum Gasteiger partial charge on any atom is 0.229 e. The van der Waals surface area contributed by atoms with Crippen LogP contribution in [0.5, 0.6) is 0 Å². The molecule has 2 aromatic rings. The lowest BCUT2D eigenvalue weighted by Gasteiger charge is -2.21. The molecule has 3 nitrogen and oxygen atoms in total. The molecule has 0 saturated carbocycles. The molecule has 2 N–H and O–H groups in total. The number of aryl methyl sites for hydroxylation is 1. The molecule has 19 heavy (non-hydrogen) atoms. The number of hydrogen-bond donors (Lipinski definition) is 2. The second kappa shape index (κ2) is 4.89. The average molecular weight is 277 g/mol. The zero-order chi connectivity index (χ0) is 13.4. The smallest absolute Gasteiger partial charge is 0.229 e. The van der Waals surface area contributed by atoms with E-state index in [1.165, 1.54) is 5.56 Å². The highest BCUT2D eigenvalue weighted by Gasteiger charge is 2.29. The fraction of sp³-hybridized carbons (Fsp3) is 0.400. The number of rotatable bonds is 2. The van der Waals surface area contributed by atoms with Gasteiger partial charge in [-0.05, 0) is 49.9 Å². The molecule has 0 aliphatic heterocycles.